The smallest absolute Gasteiger partial charge is 0.185 e. The minimum Gasteiger partial charge on any atom is -0.362 e. The molecule has 0 saturated heterocycles. The monoisotopic (exact) mass is 364 g/mol. The molecule has 0 fully saturated rings. The number of ether oxygens (including phenoxy) is 1. The lowest BCUT2D eigenvalue weighted by atomic mass is 10.1. The molecule has 0 aromatic carbocycles. The van der Waals surface area contributed by atoms with Gasteiger partial charge in [0.2, 0.25) is 0 Å². The largest absolute Gasteiger partial charge is 0.362 e. The number of hydrogen-bond acceptors (Lipinski definition) is 4. The second-order valence-electron chi connectivity index (χ2n) is 5.76. The van der Waals surface area contributed by atoms with E-state index >= 15 is 0 Å². The van der Waals surface area contributed by atoms with E-state index in [4.69, 9.17) is 4.74 Å². The van der Waals surface area contributed by atoms with Gasteiger partial charge in [-0.1, -0.05) is 71.2 Å². The Morgan fingerprint density at radius 3 is 2.33 bits per heavy atom. The summed E-state index contributed by atoms with van der Waals surface area (Å²) >= 11 is 0. The Kier molecular flexibility index (Phi) is 9.52. The van der Waals surface area contributed by atoms with E-state index < -0.39 is 5.79 Å². The van der Waals surface area contributed by atoms with Crippen LogP contribution in [0.2, 0.25) is 0 Å². The highest BCUT2D eigenvalue weighted by Crippen LogP contribution is 2.31. The van der Waals surface area contributed by atoms with Crippen molar-refractivity contribution in [3.8, 4) is 0 Å². The lowest BCUT2D eigenvalue weighted by Crippen LogP contribution is -2.30. The van der Waals surface area contributed by atoms with Crippen LogP contribution >= 0.6 is 21.6 Å². The van der Waals surface area contributed by atoms with Gasteiger partial charge in [-0.05, 0) is 55.2 Å². The quantitative estimate of drug-likeness (QED) is 0.612. The van der Waals surface area contributed by atoms with Gasteiger partial charge in [-0.25, -0.2) is 0 Å². The lowest BCUT2D eigenvalue weighted by molar-refractivity contribution is -0.160. The Balaban J connectivity index is 2.98. The third-order valence-electron chi connectivity index (χ3n) is 3.77. The Morgan fingerprint density at radius 2 is 1.71 bits per heavy atom. The van der Waals surface area contributed by atoms with Crippen LogP contribution in [0.5, 0.6) is 0 Å². The van der Waals surface area contributed by atoms with Gasteiger partial charge in [0.25, 0.3) is 0 Å². The Bertz CT molecular complexity index is 566. The van der Waals surface area contributed by atoms with Crippen LogP contribution in [0.4, 0.5) is 0 Å². The number of allylic oxidation sites excluding steroid dienone is 8. The first-order valence-electron chi connectivity index (χ1n) is 8.05. The Labute approximate surface area is 154 Å². The highest BCUT2D eigenvalue weighted by molar-refractivity contribution is 8.78. The zero-order chi connectivity index (χ0) is 18.0. The third-order valence-corrected chi connectivity index (χ3v) is 6.30. The molecule has 0 aromatic heterocycles. The molecule has 2 nitrogen and oxygen atoms in total. The molecule has 0 aromatic rings. The second-order valence-corrected chi connectivity index (χ2v) is 8.42. The molecular formula is C20H28O2S2. The molecule has 4 heteroatoms. The van der Waals surface area contributed by atoms with Gasteiger partial charge in [0.05, 0.1) is 6.61 Å². The fraction of sp³-hybridized carbons (Fsp3) is 0.400. The Morgan fingerprint density at radius 1 is 1.08 bits per heavy atom. The van der Waals surface area contributed by atoms with Crippen molar-refractivity contribution < 1.29 is 9.84 Å². The molecule has 1 aliphatic rings. The topological polar surface area (TPSA) is 29.5 Å². The molecule has 0 amide bonds. The van der Waals surface area contributed by atoms with Crippen molar-refractivity contribution >= 4 is 21.6 Å². The molecule has 0 radical (unpaired) electrons. The van der Waals surface area contributed by atoms with Crippen molar-refractivity contribution in [2.24, 2.45) is 0 Å². The fourth-order valence-corrected chi connectivity index (χ4v) is 3.86. The summed E-state index contributed by atoms with van der Waals surface area (Å²) in [4.78, 5) is 1.19. The first kappa shape index (κ1) is 21.1. The molecule has 1 N–H and O–H groups in total. The third kappa shape index (κ3) is 7.75. The van der Waals surface area contributed by atoms with Gasteiger partial charge in [-0.2, -0.15) is 0 Å². The van der Waals surface area contributed by atoms with Crippen LogP contribution in [0.25, 0.3) is 0 Å². The summed E-state index contributed by atoms with van der Waals surface area (Å²) in [5.41, 5.74) is 3.08. The molecule has 0 bridgehead atoms. The van der Waals surface area contributed by atoms with Crippen LogP contribution in [-0.2, 0) is 4.74 Å². The van der Waals surface area contributed by atoms with Crippen LogP contribution in [0.15, 0.2) is 71.2 Å². The molecule has 0 aliphatic carbocycles. The maximum atomic E-state index is 10.5. The van der Waals surface area contributed by atoms with Crippen LogP contribution in [0.1, 0.15) is 33.6 Å². The summed E-state index contributed by atoms with van der Waals surface area (Å²) in [5.74, 6) is -0.242. The van der Waals surface area contributed by atoms with Crippen molar-refractivity contribution in [3.05, 3.63) is 71.2 Å². The van der Waals surface area contributed by atoms with E-state index in [2.05, 4.69) is 32.2 Å². The SMILES string of the molecule is C=C/C1=C\C=C(/C=C)CCSS/C(C)=C/C=C(\C)C(C)(O)OCC1. The van der Waals surface area contributed by atoms with Crippen LogP contribution in [-0.4, -0.2) is 23.3 Å². The van der Waals surface area contributed by atoms with E-state index in [0.717, 1.165) is 23.3 Å². The maximum Gasteiger partial charge on any atom is 0.185 e. The zero-order valence-electron chi connectivity index (χ0n) is 14.9. The van der Waals surface area contributed by atoms with Gasteiger partial charge in [0.1, 0.15) is 0 Å². The van der Waals surface area contributed by atoms with Gasteiger partial charge in [-0.3, -0.25) is 0 Å². The van der Waals surface area contributed by atoms with Gasteiger partial charge in [0.15, 0.2) is 5.79 Å². The summed E-state index contributed by atoms with van der Waals surface area (Å²) in [6.07, 6.45) is 13.5. The summed E-state index contributed by atoms with van der Waals surface area (Å²) in [7, 11) is 3.57. The van der Waals surface area contributed by atoms with Gasteiger partial charge >= 0.3 is 0 Å². The molecule has 0 saturated carbocycles. The van der Waals surface area contributed by atoms with Crippen molar-refractivity contribution in [3.63, 3.8) is 0 Å². The fourth-order valence-electron chi connectivity index (χ4n) is 1.92. The van der Waals surface area contributed by atoms with Crippen LogP contribution < -0.4 is 0 Å². The first-order valence-corrected chi connectivity index (χ1v) is 10.4. The number of rotatable bonds is 2. The molecule has 24 heavy (non-hydrogen) atoms. The maximum absolute atomic E-state index is 10.5. The summed E-state index contributed by atoms with van der Waals surface area (Å²) in [6, 6.07) is 0. The van der Waals surface area contributed by atoms with Crippen LogP contribution in [0.3, 0.4) is 0 Å². The van der Waals surface area contributed by atoms with E-state index in [1.54, 1.807) is 17.7 Å². The van der Waals surface area contributed by atoms with Gasteiger partial charge in [0, 0.05) is 5.75 Å². The molecule has 1 unspecified atom stereocenters. The minimum atomic E-state index is -1.26. The normalized spacial score (nSPS) is 33.7. The zero-order valence-corrected chi connectivity index (χ0v) is 16.5. The summed E-state index contributed by atoms with van der Waals surface area (Å²) < 4.78 is 5.68. The first-order chi connectivity index (χ1) is 11.4. The van der Waals surface area contributed by atoms with E-state index in [-0.39, 0.29) is 0 Å². The predicted octanol–water partition coefficient (Wildman–Crippen LogP) is 5.96. The second kappa shape index (κ2) is 10.8. The van der Waals surface area contributed by atoms with E-state index in [1.807, 2.05) is 42.0 Å². The van der Waals surface area contributed by atoms with Crippen molar-refractivity contribution in [1.29, 1.82) is 0 Å². The average Bonchev–Trinajstić information content (AvgIpc) is 2.56. The molecule has 1 aliphatic heterocycles. The van der Waals surface area contributed by atoms with E-state index in [9.17, 15) is 5.11 Å². The highest BCUT2D eigenvalue weighted by atomic mass is 33.1. The Hall–Kier alpha value is -0.940. The van der Waals surface area contributed by atoms with E-state index in [1.165, 1.54) is 10.5 Å². The predicted molar refractivity (Wildman–Crippen MR) is 110 cm³/mol. The molecule has 132 valence electrons. The lowest BCUT2D eigenvalue weighted by Gasteiger charge is -2.25. The number of aliphatic hydroxyl groups is 1. The standard InChI is InChI=1S/C20H28O2S2/c1-6-18-10-11-19(7-2)13-15-23-24-17(4)9-8-16(3)20(5,21)22-14-12-18/h6-11,21H,1-2,12-15H2,3-5H3/b16-8+,17-9+,18-10+,19-11+. The molecule has 1 atom stereocenters. The van der Waals surface area contributed by atoms with Crippen molar-refractivity contribution in [2.75, 3.05) is 12.4 Å². The van der Waals surface area contributed by atoms with Crippen molar-refractivity contribution in [2.45, 2.75) is 39.4 Å². The van der Waals surface area contributed by atoms with Gasteiger partial charge in [-0.15, -0.1) is 0 Å². The molecule has 1 rings (SSSR count). The highest BCUT2D eigenvalue weighted by Gasteiger charge is 2.22. The molecule has 0 spiro atoms. The molecule has 1 heterocycles. The minimum absolute atomic E-state index is 0.431. The molecular weight excluding hydrogens is 336 g/mol. The van der Waals surface area contributed by atoms with E-state index in [0.29, 0.717) is 13.0 Å². The van der Waals surface area contributed by atoms with Gasteiger partial charge < -0.3 is 9.84 Å². The van der Waals surface area contributed by atoms with Crippen LogP contribution in [0, 0.1) is 0 Å². The summed E-state index contributed by atoms with van der Waals surface area (Å²) in [5, 5.41) is 10.5. The average molecular weight is 365 g/mol. The number of hydrogen-bond donors (Lipinski definition) is 1. The van der Waals surface area contributed by atoms with Crippen molar-refractivity contribution in [1.82, 2.24) is 0 Å². The summed E-state index contributed by atoms with van der Waals surface area (Å²) in [6.45, 7) is 13.8.